The number of aliphatic hydroxyl groups is 1. The Morgan fingerprint density at radius 2 is 1.91 bits per heavy atom. The second kappa shape index (κ2) is 10.4. The molecular weight excluding hydrogens is 487 g/mol. The van der Waals surface area contributed by atoms with Crippen molar-refractivity contribution in [2.24, 2.45) is 4.99 Å². The molecule has 2 aromatic carbocycles. The van der Waals surface area contributed by atoms with Crippen molar-refractivity contribution in [3.05, 3.63) is 80.2 Å². The summed E-state index contributed by atoms with van der Waals surface area (Å²) in [6, 6.07) is 9.52. The minimum absolute atomic E-state index is 0.148. The number of imidazole rings is 1. The normalized spacial score (nSPS) is 16.7. The number of aryl methyl sites for hydroxylation is 1. The van der Waals surface area contributed by atoms with Crippen LogP contribution in [0.15, 0.2) is 41.7 Å². The Morgan fingerprint density at radius 1 is 1.14 bits per heavy atom. The Hall–Kier alpha value is -2.87. The summed E-state index contributed by atoms with van der Waals surface area (Å²) in [5.74, 6) is 0.191. The minimum Gasteiger partial charge on any atom is -0.457 e. The molecule has 0 saturated carbocycles. The molecule has 0 fully saturated rings. The number of fused-ring (bicyclic) bond motifs is 2. The lowest BCUT2D eigenvalue weighted by Crippen LogP contribution is -2.16. The summed E-state index contributed by atoms with van der Waals surface area (Å²) in [7, 11) is 0. The molecule has 1 aromatic heterocycles. The van der Waals surface area contributed by atoms with Crippen LogP contribution in [-0.4, -0.2) is 33.5 Å². The van der Waals surface area contributed by atoms with Crippen LogP contribution in [0.1, 0.15) is 57.3 Å². The van der Waals surface area contributed by atoms with Crippen molar-refractivity contribution in [1.82, 2.24) is 9.55 Å². The van der Waals surface area contributed by atoms with Gasteiger partial charge in [0.15, 0.2) is 0 Å². The smallest absolute Gasteiger partial charge is 0.341 e. The maximum absolute atomic E-state index is 13.1. The molecule has 0 radical (unpaired) electrons. The molecule has 182 valence electrons. The number of halogens is 2. The van der Waals surface area contributed by atoms with E-state index < -0.39 is 12.1 Å². The number of carbonyl (C=O) groups is 1. The van der Waals surface area contributed by atoms with Crippen LogP contribution in [0.4, 0.5) is 5.82 Å². The van der Waals surface area contributed by atoms with E-state index in [-0.39, 0.29) is 18.7 Å². The standard InChI is InChI=1S/C26H26Cl2N4O3/c27-22-18-9-5-4-8-17(18)19(10-11-32-15-31-24-20(33)12-29-14-30-25(24)32)23(28)21(22)26(34)35-13-16-6-2-1-3-7-16/h1-3,6-7,14-15,20,33H,4-5,8-13H2,(H,29,30). The third kappa shape index (κ3) is 4.81. The van der Waals surface area contributed by atoms with E-state index in [0.717, 1.165) is 47.9 Å². The summed E-state index contributed by atoms with van der Waals surface area (Å²) < 4.78 is 7.53. The first-order valence-electron chi connectivity index (χ1n) is 11.7. The lowest BCUT2D eigenvalue weighted by molar-refractivity contribution is 0.0473. The molecule has 3 aromatic rings. The number of anilines is 1. The number of benzene rings is 2. The Bertz CT molecular complexity index is 1270. The fourth-order valence-electron chi connectivity index (χ4n) is 4.79. The van der Waals surface area contributed by atoms with Gasteiger partial charge in [0.2, 0.25) is 0 Å². The van der Waals surface area contributed by atoms with Crippen LogP contribution in [0.5, 0.6) is 0 Å². The second-order valence-corrected chi connectivity index (χ2v) is 9.54. The minimum atomic E-state index is -0.754. The van der Waals surface area contributed by atoms with Gasteiger partial charge in [-0.2, -0.15) is 0 Å². The van der Waals surface area contributed by atoms with Gasteiger partial charge in [0, 0.05) is 6.54 Å². The van der Waals surface area contributed by atoms with Crippen molar-refractivity contribution in [3.63, 3.8) is 0 Å². The molecule has 9 heteroatoms. The molecule has 1 aliphatic heterocycles. The third-order valence-corrected chi connectivity index (χ3v) is 7.41. The third-order valence-electron chi connectivity index (χ3n) is 6.57. The lowest BCUT2D eigenvalue weighted by atomic mass is 9.85. The fraction of sp³-hybridized carbons (Fsp3) is 0.346. The molecule has 0 spiro atoms. The van der Waals surface area contributed by atoms with E-state index in [4.69, 9.17) is 27.9 Å². The van der Waals surface area contributed by atoms with Crippen LogP contribution in [0.2, 0.25) is 10.0 Å². The van der Waals surface area contributed by atoms with Crippen molar-refractivity contribution in [3.8, 4) is 0 Å². The number of esters is 1. The summed E-state index contributed by atoms with van der Waals surface area (Å²) >= 11 is 13.6. The SMILES string of the molecule is O=C(OCc1ccccc1)c1c(Cl)c2c(c(CCn3cnc4c3NC=NCC4O)c1Cl)CCCC2. The average molecular weight is 513 g/mol. The van der Waals surface area contributed by atoms with Crippen molar-refractivity contribution >= 4 is 41.3 Å². The van der Waals surface area contributed by atoms with E-state index in [1.54, 1.807) is 12.7 Å². The van der Waals surface area contributed by atoms with Gasteiger partial charge in [-0.3, -0.25) is 4.99 Å². The van der Waals surface area contributed by atoms with Crippen LogP contribution in [-0.2, 0) is 37.2 Å². The highest BCUT2D eigenvalue weighted by molar-refractivity contribution is 6.40. The highest BCUT2D eigenvalue weighted by Gasteiger charge is 2.28. The van der Waals surface area contributed by atoms with Gasteiger partial charge in [0.1, 0.15) is 24.2 Å². The molecule has 2 N–H and O–H groups in total. The largest absolute Gasteiger partial charge is 0.457 e. The van der Waals surface area contributed by atoms with Gasteiger partial charge in [0.05, 0.1) is 34.8 Å². The number of aliphatic imine (C=N–C) groups is 1. The topological polar surface area (TPSA) is 88.7 Å². The van der Waals surface area contributed by atoms with E-state index in [9.17, 15) is 9.90 Å². The Kier molecular flexibility index (Phi) is 7.09. The number of ether oxygens (including phenoxy) is 1. The Balaban J connectivity index is 1.45. The van der Waals surface area contributed by atoms with Gasteiger partial charge in [-0.05, 0) is 54.4 Å². The maximum atomic E-state index is 13.1. The number of carbonyl (C=O) groups excluding carboxylic acids is 1. The summed E-state index contributed by atoms with van der Waals surface area (Å²) in [5, 5.41) is 14.2. The summed E-state index contributed by atoms with van der Waals surface area (Å²) in [6.07, 6.45) is 6.84. The average Bonchev–Trinajstić information content (AvgIpc) is 3.19. The van der Waals surface area contributed by atoms with Crippen LogP contribution < -0.4 is 5.32 Å². The predicted octanol–water partition coefficient (Wildman–Crippen LogP) is 5.16. The molecule has 7 nitrogen and oxygen atoms in total. The zero-order chi connectivity index (χ0) is 24.4. The van der Waals surface area contributed by atoms with Gasteiger partial charge in [-0.1, -0.05) is 53.5 Å². The number of hydrogen-bond donors (Lipinski definition) is 2. The number of nitrogens with one attached hydrogen (secondary N) is 1. The molecule has 0 amide bonds. The van der Waals surface area contributed by atoms with Gasteiger partial charge >= 0.3 is 5.97 Å². The number of rotatable bonds is 6. The molecule has 1 unspecified atom stereocenters. The zero-order valence-electron chi connectivity index (χ0n) is 19.1. The molecule has 1 atom stereocenters. The van der Waals surface area contributed by atoms with Crippen molar-refractivity contribution < 1.29 is 14.6 Å². The molecular formula is C26H26Cl2N4O3. The quantitative estimate of drug-likeness (QED) is 0.445. The lowest BCUT2D eigenvalue weighted by Gasteiger charge is -2.25. The molecule has 1 aliphatic carbocycles. The highest BCUT2D eigenvalue weighted by Crippen LogP contribution is 2.40. The van der Waals surface area contributed by atoms with Crippen LogP contribution in [0.25, 0.3) is 0 Å². The van der Waals surface area contributed by atoms with E-state index >= 15 is 0 Å². The van der Waals surface area contributed by atoms with E-state index in [1.807, 2.05) is 34.9 Å². The van der Waals surface area contributed by atoms with Crippen LogP contribution in [0, 0.1) is 0 Å². The first-order valence-corrected chi connectivity index (χ1v) is 12.5. The van der Waals surface area contributed by atoms with E-state index in [0.29, 0.717) is 34.5 Å². The number of aliphatic hydroxyl groups excluding tert-OH is 1. The first kappa shape index (κ1) is 23.9. The maximum Gasteiger partial charge on any atom is 0.341 e. The second-order valence-electron chi connectivity index (χ2n) is 8.78. The van der Waals surface area contributed by atoms with Crippen LogP contribution >= 0.6 is 23.2 Å². The summed E-state index contributed by atoms with van der Waals surface area (Å²) in [4.78, 5) is 21.6. The number of aromatic nitrogens is 2. The molecule has 2 heterocycles. The van der Waals surface area contributed by atoms with Gasteiger partial charge in [-0.15, -0.1) is 0 Å². The molecule has 35 heavy (non-hydrogen) atoms. The molecule has 5 rings (SSSR count). The first-order chi connectivity index (χ1) is 17.0. The molecule has 2 aliphatic rings. The van der Waals surface area contributed by atoms with Gasteiger partial charge in [0.25, 0.3) is 0 Å². The Morgan fingerprint density at radius 3 is 2.71 bits per heavy atom. The van der Waals surface area contributed by atoms with E-state index in [2.05, 4.69) is 15.3 Å². The van der Waals surface area contributed by atoms with Crippen molar-refractivity contribution in [1.29, 1.82) is 0 Å². The van der Waals surface area contributed by atoms with Crippen molar-refractivity contribution in [2.45, 2.75) is 51.4 Å². The number of nitrogens with zero attached hydrogens (tertiary/aromatic N) is 3. The van der Waals surface area contributed by atoms with Gasteiger partial charge < -0.3 is 19.7 Å². The fourth-order valence-corrected chi connectivity index (χ4v) is 5.60. The highest BCUT2D eigenvalue weighted by atomic mass is 35.5. The molecule has 0 bridgehead atoms. The van der Waals surface area contributed by atoms with E-state index in [1.165, 1.54) is 0 Å². The zero-order valence-corrected chi connectivity index (χ0v) is 20.6. The number of hydrogen-bond acceptors (Lipinski definition) is 6. The molecule has 0 saturated heterocycles. The summed E-state index contributed by atoms with van der Waals surface area (Å²) in [6.45, 7) is 0.972. The monoisotopic (exact) mass is 512 g/mol. The van der Waals surface area contributed by atoms with Crippen LogP contribution in [0.3, 0.4) is 0 Å². The summed E-state index contributed by atoms with van der Waals surface area (Å²) in [5.41, 5.74) is 4.75. The van der Waals surface area contributed by atoms with Gasteiger partial charge in [-0.25, -0.2) is 9.78 Å². The Labute approximate surface area is 213 Å². The van der Waals surface area contributed by atoms with Crippen molar-refractivity contribution in [2.75, 3.05) is 11.9 Å². The predicted molar refractivity (Wildman–Crippen MR) is 137 cm³/mol.